The molecule has 14 heteroatoms. The summed E-state index contributed by atoms with van der Waals surface area (Å²) < 4.78 is 58.9. The lowest BCUT2D eigenvalue weighted by Crippen LogP contribution is -2.44. The van der Waals surface area contributed by atoms with E-state index in [-0.39, 0.29) is 47.3 Å². The molecule has 1 aromatic heterocycles. The number of aromatic nitrogens is 2. The van der Waals surface area contributed by atoms with Crippen molar-refractivity contribution in [1.82, 2.24) is 25.5 Å². The number of nitrogens with one attached hydrogen (secondary N) is 3. The zero-order valence-corrected chi connectivity index (χ0v) is 24.8. The van der Waals surface area contributed by atoms with Crippen molar-refractivity contribution < 1.29 is 37.3 Å². The third-order valence-corrected chi connectivity index (χ3v) is 7.45. The second kappa shape index (κ2) is 12.5. The van der Waals surface area contributed by atoms with E-state index < -0.39 is 29.4 Å². The van der Waals surface area contributed by atoms with Gasteiger partial charge in [0.15, 0.2) is 0 Å². The normalized spacial score (nSPS) is 18.9. The van der Waals surface area contributed by atoms with Crippen LogP contribution in [0.3, 0.4) is 0 Å². The topological polar surface area (TPSA) is 130 Å². The SMILES string of the molecule is COc1cc(C(=O)NC2CCN(C)CC2)ccc1Nc1ncc(C(F)(F)F)c(Oc2cccc3c2C(O)NC(C)(C)CO3)n1. The van der Waals surface area contributed by atoms with Crippen LogP contribution < -0.4 is 30.2 Å². The monoisotopic (exact) mass is 616 g/mol. The number of halogens is 3. The number of aliphatic hydroxyl groups is 1. The minimum Gasteiger partial charge on any atom is -0.495 e. The second-order valence-corrected chi connectivity index (χ2v) is 11.5. The number of ether oxygens (including phenoxy) is 3. The van der Waals surface area contributed by atoms with Crippen molar-refractivity contribution in [2.45, 2.75) is 50.7 Å². The highest BCUT2D eigenvalue weighted by Gasteiger charge is 2.38. The molecular weight excluding hydrogens is 581 g/mol. The number of fused-ring (bicyclic) bond motifs is 1. The Balaban J connectivity index is 1.40. The molecule has 1 amide bonds. The average molecular weight is 617 g/mol. The molecule has 1 atom stereocenters. The van der Waals surface area contributed by atoms with Crippen molar-refractivity contribution >= 4 is 17.5 Å². The summed E-state index contributed by atoms with van der Waals surface area (Å²) in [5.41, 5.74) is -1.02. The number of methoxy groups -OCH3 is 1. The molecule has 2 aliphatic rings. The van der Waals surface area contributed by atoms with Gasteiger partial charge in [-0.3, -0.25) is 10.1 Å². The number of hydrogen-bond donors (Lipinski definition) is 4. The van der Waals surface area contributed by atoms with Crippen LogP contribution in [0.4, 0.5) is 24.8 Å². The zero-order valence-electron chi connectivity index (χ0n) is 24.8. The number of amides is 1. The molecule has 2 aromatic carbocycles. The van der Waals surface area contributed by atoms with Crippen molar-refractivity contribution in [3.8, 4) is 23.1 Å². The summed E-state index contributed by atoms with van der Waals surface area (Å²) in [6, 6.07) is 9.28. The summed E-state index contributed by atoms with van der Waals surface area (Å²) in [6.07, 6.45) is -3.82. The number of piperidine rings is 1. The predicted molar refractivity (Wildman–Crippen MR) is 155 cm³/mol. The second-order valence-electron chi connectivity index (χ2n) is 11.5. The Morgan fingerprint density at radius 1 is 1.18 bits per heavy atom. The van der Waals surface area contributed by atoms with Gasteiger partial charge in [0.2, 0.25) is 11.8 Å². The maximum Gasteiger partial charge on any atom is 0.423 e. The Labute approximate surface area is 252 Å². The fourth-order valence-corrected chi connectivity index (χ4v) is 5.03. The molecule has 236 valence electrons. The number of rotatable bonds is 7. The van der Waals surface area contributed by atoms with E-state index in [9.17, 15) is 23.1 Å². The Morgan fingerprint density at radius 3 is 2.64 bits per heavy atom. The van der Waals surface area contributed by atoms with E-state index in [1.807, 2.05) is 20.9 Å². The number of carbonyl (C=O) groups excluding carboxylic acids is 1. The van der Waals surface area contributed by atoms with Crippen LogP contribution in [-0.4, -0.2) is 71.3 Å². The number of alkyl halides is 3. The smallest absolute Gasteiger partial charge is 0.423 e. The standard InChI is InChI=1S/C30H35F3N6O5/c1-29(2)16-43-21-6-5-7-22(24(21)26(41)38-29)44-27-19(30(31,32)33)15-34-28(37-27)36-20-9-8-17(14-23(20)42-4)25(40)35-18-10-12-39(3)13-11-18/h5-9,14-15,18,26,38,41H,10-13,16H2,1-4H3,(H,35,40)(H,34,36,37). The van der Waals surface area contributed by atoms with Gasteiger partial charge in [-0.2, -0.15) is 18.2 Å². The molecule has 0 saturated carbocycles. The van der Waals surface area contributed by atoms with Gasteiger partial charge in [-0.15, -0.1) is 0 Å². The quantitative estimate of drug-likeness (QED) is 0.299. The molecule has 3 heterocycles. The number of benzene rings is 2. The fraction of sp³-hybridized carbons (Fsp3) is 0.433. The number of likely N-dealkylation sites (tertiary alicyclic amines) is 1. The highest BCUT2D eigenvalue weighted by atomic mass is 19.4. The van der Waals surface area contributed by atoms with E-state index in [2.05, 4.69) is 30.8 Å². The lowest BCUT2D eigenvalue weighted by molar-refractivity contribution is -0.139. The number of nitrogens with zero attached hydrogens (tertiary/aromatic N) is 3. The van der Waals surface area contributed by atoms with Crippen LogP contribution in [0.15, 0.2) is 42.6 Å². The first kappa shape index (κ1) is 31.3. The Hall–Kier alpha value is -4.14. The van der Waals surface area contributed by atoms with Gasteiger partial charge < -0.3 is 34.9 Å². The molecular formula is C30H35F3N6O5. The van der Waals surface area contributed by atoms with Gasteiger partial charge in [-0.25, -0.2) is 4.98 Å². The first-order valence-corrected chi connectivity index (χ1v) is 14.1. The summed E-state index contributed by atoms with van der Waals surface area (Å²) >= 11 is 0. The van der Waals surface area contributed by atoms with Crippen molar-refractivity contribution in [3.63, 3.8) is 0 Å². The number of hydrogen-bond acceptors (Lipinski definition) is 10. The average Bonchev–Trinajstić information content (AvgIpc) is 3.08. The molecule has 0 spiro atoms. The van der Waals surface area contributed by atoms with Gasteiger partial charge in [0.25, 0.3) is 5.91 Å². The van der Waals surface area contributed by atoms with Gasteiger partial charge in [-0.05, 0) is 77.2 Å². The Kier molecular flexibility index (Phi) is 8.86. The van der Waals surface area contributed by atoms with Gasteiger partial charge in [0.1, 0.15) is 35.6 Å². The van der Waals surface area contributed by atoms with E-state index in [4.69, 9.17) is 14.2 Å². The van der Waals surface area contributed by atoms with Crippen LogP contribution in [0.25, 0.3) is 0 Å². The third-order valence-electron chi connectivity index (χ3n) is 7.45. The summed E-state index contributed by atoms with van der Waals surface area (Å²) in [7, 11) is 3.45. The molecule has 0 radical (unpaired) electrons. The molecule has 5 rings (SSSR count). The maximum atomic E-state index is 14.0. The van der Waals surface area contributed by atoms with Crippen molar-refractivity contribution in [1.29, 1.82) is 0 Å². The first-order chi connectivity index (χ1) is 20.8. The van der Waals surface area contributed by atoms with Crippen molar-refractivity contribution in [2.75, 3.05) is 39.2 Å². The van der Waals surface area contributed by atoms with E-state index in [1.165, 1.54) is 19.2 Å². The highest BCUT2D eigenvalue weighted by Crippen LogP contribution is 2.42. The molecule has 4 N–H and O–H groups in total. The maximum absolute atomic E-state index is 14.0. The zero-order chi connectivity index (χ0) is 31.6. The number of carbonyl (C=O) groups is 1. The summed E-state index contributed by atoms with van der Waals surface area (Å²) in [5.74, 6) is -0.807. The van der Waals surface area contributed by atoms with E-state index >= 15 is 0 Å². The highest BCUT2D eigenvalue weighted by molar-refractivity contribution is 5.95. The molecule has 11 nitrogen and oxygen atoms in total. The van der Waals surface area contributed by atoms with Crippen molar-refractivity contribution in [2.24, 2.45) is 0 Å². The van der Waals surface area contributed by atoms with Crippen LogP contribution in [0.2, 0.25) is 0 Å². The van der Waals surface area contributed by atoms with Crippen molar-refractivity contribution in [3.05, 3.63) is 59.3 Å². The Bertz CT molecular complexity index is 1510. The third kappa shape index (κ3) is 7.14. The molecule has 1 fully saturated rings. The minimum absolute atomic E-state index is 0.0658. The summed E-state index contributed by atoms with van der Waals surface area (Å²) in [4.78, 5) is 23.0. The van der Waals surface area contributed by atoms with Crippen LogP contribution in [0, 0.1) is 0 Å². The van der Waals surface area contributed by atoms with Gasteiger partial charge in [-0.1, -0.05) is 6.07 Å². The van der Waals surface area contributed by atoms with E-state index in [1.54, 1.807) is 24.3 Å². The van der Waals surface area contributed by atoms with Crippen LogP contribution >= 0.6 is 0 Å². The lowest BCUT2D eigenvalue weighted by atomic mass is 10.0. The van der Waals surface area contributed by atoms with Gasteiger partial charge in [0.05, 0.1) is 18.4 Å². The molecule has 44 heavy (non-hydrogen) atoms. The fourth-order valence-electron chi connectivity index (χ4n) is 5.03. The van der Waals surface area contributed by atoms with Crippen LogP contribution in [0.5, 0.6) is 23.1 Å². The van der Waals surface area contributed by atoms with E-state index in [0.717, 1.165) is 25.9 Å². The van der Waals surface area contributed by atoms with Crippen LogP contribution in [0.1, 0.15) is 54.4 Å². The molecule has 0 bridgehead atoms. The Morgan fingerprint density at radius 2 is 1.93 bits per heavy atom. The minimum atomic E-state index is -4.84. The summed E-state index contributed by atoms with van der Waals surface area (Å²) in [6.45, 7) is 5.62. The summed E-state index contributed by atoms with van der Waals surface area (Å²) in [5, 5.41) is 19.7. The number of aliphatic hydroxyl groups excluding tert-OH is 1. The van der Waals surface area contributed by atoms with E-state index in [0.29, 0.717) is 17.4 Å². The molecule has 1 unspecified atom stereocenters. The van der Waals surface area contributed by atoms with Crippen LogP contribution in [-0.2, 0) is 6.18 Å². The number of anilines is 2. The largest absolute Gasteiger partial charge is 0.495 e. The molecule has 2 aliphatic heterocycles. The molecule has 1 saturated heterocycles. The predicted octanol–water partition coefficient (Wildman–Crippen LogP) is 4.62. The van der Waals surface area contributed by atoms with Gasteiger partial charge in [0, 0.05) is 23.3 Å². The first-order valence-electron chi connectivity index (χ1n) is 14.1. The lowest BCUT2D eigenvalue weighted by Gasteiger charge is -2.29. The molecule has 0 aliphatic carbocycles. The molecule has 3 aromatic rings. The van der Waals surface area contributed by atoms with Gasteiger partial charge >= 0.3 is 6.18 Å².